The number of hydrogen-bond donors (Lipinski definition) is 1. The second kappa shape index (κ2) is 7.28. The van der Waals surface area contributed by atoms with Crippen molar-refractivity contribution in [3.05, 3.63) is 59.5 Å². The lowest BCUT2D eigenvalue weighted by Gasteiger charge is -2.32. The van der Waals surface area contributed by atoms with E-state index in [0.717, 1.165) is 56.6 Å². The maximum absolute atomic E-state index is 12.8. The van der Waals surface area contributed by atoms with Gasteiger partial charge in [-0.15, -0.1) is 0 Å². The fourth-order valence-corrected chi connectivity index (χ4v) is 4.24. The van der Waals surface area contributed by atoms with E-state index in [1.54, 1.807) is 18.6 Å². The number of hydrogen-bond acceptors (Lipinski definition) is 3. The summed E-state index contributed by atoms with van der Waals surface area (Å²) in [4.78, 5) is 14.9. The molecule has 1 spiro atoms. The van der Waals surface area contributed by atoms with Crippen LogP contribution in [0.1, 0.15) is 36.0 Å². The largest absolute Gasteiger partial charge is 0.472 e. The summed E-state index contributed by atoms with van der Waals surface area (Å²) in [6, 6.07) is 7.08. The van der Waals surface area contributed by atoms with Crippen molar-refractivity contribution >= 4 is 5.91 Å². The second-order valence-electron chi connectivity index (χ2n) is 7.94. The molecule has 28 heavy (non-hydrogen) atoms. The number of nitrogens with zero attached hydrogens (tertiary/aromatic N) is 1. The van der Waals surface area contributed by atoms with Gasteiger partial charge in [0.1, 0.15) is 0 Å². The van der Waals surface area contributed by atoms with Gasteiger partial charge >= 0.3 is 6.18 Å². The van der Waals surface area contributed by atoms with E-state index in [9.17, 15) is 18.0 Å². The first-order valence-corrected chi connectivity index (χ1v) is 9.53. The van der Waals surface area contributed by atoms with Crippen molar-refractivity contribution in [2.24, 2.45) is 11.3 Å². The van der Waals surface area contributed by atoms with Crippen LogP contribution in [0, 0.1) is 11.3 Å². The molecule has 1 N–H and O–H groups in total. The average Bonchev–Trinajstić information content (AvgIpc) is 3.12. The molecule has 1 atom stereocenters. The highest BCUT2D eigenvalue weighted by atomic mass is 19.4. The molecule has 2 fully saturated rings. The molecule has 1 aromatic heterocycles. The number of furan rings is 1. The van der Waals surface area contributed by atoms with Crippen molar-refractivity contribution < 1.29 is 22.4 Å². The van der Waals surface area contributed by atoms with Gasteiger partial charge in [0.15, 0.2) is 0 Å². The van der Waals surface area contributed by atoms with Crippen LogP contribution in [0.15, 0.2) is 47.3 Å². The topological polar surface area (TPSA) is 45.5 Å². The third kappa shape index (κ3) is 4.09. The summed E-state index contributed by atoms with van der Waals surface area (Å²) < 4.78 is 43.5. The predicted octanol–water partition coefficient (Wildman–Crippen LogP) is 4.22. The molecule has 2 heterocycles. The zero-order chi connectivity index (χ0) is 19.8. The average molecular weight is 392 g/mol. The molecule has 1 saturated carbocycles. The Kier molecular flexibility index (Phi) is 4.95. The Morgan fingerprint density at radius 1 is 1.21 bits per heavy atom. The van der Waals surface area contributed by atoms with Crippen molar-refractivity contribution in [3.63, 3.8) is 0 Å². The molecule has 7 heteroatoms. The molecule has 4 nitrogen and oxygen atoms in total. The second-order valence-corrected chi connectivity index (χ2v) is 7.94. The summed E-state index contributed by atoms with van der Waals surface area (Å²) in [5, 5.41) is 2.83. The number of carbonyl (C=O) groups is 1. The van der Waals surface area contributed by atoms with Gasteiger partial charge in [-0.2, -0.15) is 13.2 Å². The van der Waals surface area contributed by atoms with Crippen molar-refractivity contribution in [3.8, 4) is 0 Å². The van der Waals surface area contributed by atoms with Gasteiger partial charge in [-0.1, -0.05) is 12.1 Å². The number of halogens is 3. The molecule has 1 aliphatic heterocycles. The maximum Gasteiger partial charge on any atom is 0.416 e. The highest BCUT2D eigenvalue weighted by Crippen LogP contribution is 2.59. The highest BCUT2D eigenvalue weighted by Gasteiger charge is 2.58. The summed E-state index contributed by atoms with van der Waals surface area (Å²) in [5.74, 6) is -0.0601. The zero-order valence-corrected chi connectivity index (χ0v) is 15.5. The molecule has 2 aromatic rings. The Morgan fingerprint density at radius 3 is 2.68 bits per heavy atom. The van der Waals surface area contributed by atoms with Crippen LogP contribution in [0.2, 0.25) is 0 Å². The SMILES string of the molecule is O=C(NCc1cccc(C(F)(F)F)c1)C1CC12CCN(Cc1ccoc1)CC2. The van der Waals surface area contributed by atoms with Crippen LogP contribution in [-0.2, 0) is 24.1 Å². The first kappa shape index (κ1) is 19.1. The molecule has 1 unspecified atom stereocenters. The number of rotatable bonds is 5. The van der Waals surface area contributed by atoms with Gasteiger partial charge in [0.2, 0.25) is 5.91 Å². The molecular formula is C21H23F3N2O2. The molecule has 1 saturated heterocycles. The smallest absolute Gasteiger partial charge is 0.416 e. The summed E-state index contributed by atoms with van der Waals surface area (Å²) >= 11 is 0. The van der Waals surface area contributed by atoms with Crippen LogP contribution < -0.4 is 5.32 Å². The van der Waals surface area contributed by atoms with E-state index >= 15 is 0 Å². The van der Waals surface area contributed by atoms with Crippen LogP contribution in [0.4, 0.5) is 13.2 Å². The van der Waals surface area contributed by atoms with Crippen LogP contribution in [0.5, 0.6) is 0 Å². The number of benzene rings is 1. The molecule has 2 aliphatic rings. The Morgan fingerprint density at radius 2 is 2.00 bits per heavy atom. The van der Waals surface area contributed by atoms with Crippen LogP contribution in [0.25, 0.3) is 0 Å². The van der Waals surface area contributed by atoms with E-state index < -0.39 is 11.7 Å². The van der Waals surface area contributed by atoms with E-state index in [-0.39, 0.29) is 23.8 Å². The van der Waals surface area contributed by atoms with Crippen molar-refractivity contribution in [2.75, 3.05) is 13.1 Å². The summed E-state index contributed by atoms with van der Waals surface area (Å²) in [6.45, 7) is 2.88. The van der Waals surface area contributed by atoms with Crippen LogP contribution in [0.3, 0.4) is 0 Å². The summed E-state index contributed by atoms with van der Waals surface area (Å²) in [6.07, 6.45) is 1.89. The first-order chi connectivity index (χ1) is 13.4. The molecule has 1 aromatic carbocycles. The van der Waals surface area contributed by atoms with Gasteiger partial charge < -0.3 is 9.73 Å². The molecule has 1 amide bonds. The van der Waals surface area contributed by atoms with Crippen molar-refractivity contribution in [1.29, 1.82) is 0 Å². The van der Waals surface area contributed by atoms with Gasteiger partial charge in [0.25, 0.3) is 0 Å². The van der Waals surface area contributed by atoms with Gasteiger partial charge in [0.05, 0.1) is 18.1 Å². The molecule has 4 rings (SSSR count). The minimum absolute atomic E-state index is 0.0191. The van der Waals surface area contributed by atoms with Gasteiger partial charge in [-0.25, -0.2) is 0 Å². The van der Waals surface area contributed by atoms with E-state index in [1.807, 2.05) is 6.07 Å². The number of carbonyl (C=O) groups excluding carboxylic acids is 1. The molecule has 1 aliphatic carbocycles. The van der Waals surface area contributed by atoms with Gasteiger partial charge in [-0.05, 0) is 61.5 Å². The lowest BCUT2D eigenvalue weighted by Crippen LogP contribution is -2.36. The summed E-state index contributed by atoms with van der Waals surface area (Å²) in [7, 11) is 0. The van der Waals surface area contributed by atoms with Crippen LogP contribution in [-0.4, -0.2) is 23.9 Å². The number of alkyl halides is 3. The fraction of sp³-hybridized carbons (Fsp3) is 0.476. The molecule has 0 radical (unpaired) electrons. The van der Waals surface area contributed by atoms with E-state index in [0.29, 0.717) is 5.56 Å². The molecular weight excluding hydrogens is 369 g/mol. The molecule has 150 valence electrons. The van der Waals surface area contributed by atoms with Gasteiger partial charge in [0, 0.05) is 24.6 Å². The number of likely N-dealkylation sites (tertiary alicyclic amines) is 1. The fourth-order valence-electron chi connectivity index (χ4n) is 4.24. The minimum atomic E-state index is -4.37. The van der Waals surface area contributed by atoms with Crippen LogP contribution >= 0.6 is 0 Å². The summed E-state index contributed by atoms with van der Waals surface area (Å²) in [5.41, 5.74) is 1.01. The normalized spacial score (nSPS) is 21.6. The Balaban J connectivity index is 1.26. The van der Waals surface area contributed by atoms with E-state index in [1.165, 1.54) is 6.07 Å². The number of nitrogens with one attached hydrogen (secondary N) is 1. The number of piperidine rings is 1. The highest BCUT2D eigenvalue weighted by molar-refractivity contribution is 5.82. The Hall–Kier alpha value is -2.28. The maximum atomic E-state index is 12.8. The molecule has 0 bridgehead atoms. The third-order valence-electron chi connectivity index (χ3n) is 6.07. The minimum Gasteiger partial charge on any atom is -0.472 e. The predicted molar refractivity (Wildman–Crippen MR) is 97.0 cm³/mol. The lowest BCUT2D eigenvalue weighted by molar-refractivity contribution is -0.137. The van der Waals surface area contributed by atoms with E-state index in [4.69, 9.17) is 4.42 Å². The van der Waals surface area contributed by atoms with E-state index in [2.05, 4.69) is 10.2 Å². The Bertz CT molecular complexity index is 824. The lowest BCUT2D eigenvalue weighted by atomic mass is 9.90. The quantitative estimate of drug-likeness (QED) is 0.829. The third-order valence-corrected chi connectivity index (χ3v) is 6.07. The standard InChI is InChI=1S/C21H23F3N2O2/c22-21(23,24)17-3-1-2-15(10-17)12-25-19(27)18-11-20(18)5-7-26(8-6-20)13-16-4-9-28-14-16/h1-4,9-10,14,18H,5-8,11-13H2,(H,25,27). The monoisotopic (exact) mass is 392 g/mol. The number of amides is 1. The zero-order valence-electron chi connectivity index (χ0n) is 15.5. The van der Waals surface area contributed by atoms with Crippen molar-refractivity contribution in [2.45, 2.75) is 38.5 Å². The van der Waals surface area contributed by atoms with Crippen molar-refractivity contribution in [1.82, 2.24) is 10.2 Å². The van der Waals surface area contributed by atoms with Gasteiger partial charge in [-0.3, -0.25) is 9.69 Å². The Labute approximate surface area is 161 Å². The first-order valence-electron chi connectivity index (χ1n) is 9.53.